The van der Waals surface area contributed by atoms with Crippen LogP contribution in [0.15, 0.2) is 43.0 Å². The van der Waals surface area contributed by atoms with Crippen molar-refractivity contribution in [2.45, 2.75) is 70.5 Å². The van der Waals surface area contributed by atoms with Crippen LogP contribution in [-0.2, 0) is 14.2 Å². The summed E-state index contributed by atoms with van der Waals surface area (Å²) in [5, 5.41) is 6.03. The number of fused-ring (bicyclic) bond motifs is 2. The number of nitrogen functional groups attached to an aromatic ring is 1. The van der Waals surface area contributed by atoms with Crippen molar-refractivity contribution in [1.29, 1.82) is 0 Å². The van der Waals surface area contributed by atoms with E-state index in [1.165, 1.54) is 6.33 Å². The number of nitrogens with one attached hydrogen (secondary N) is 2. The van der Waals surface area contributed by atoms with E-state index in [1.54, 1.807) is 6.33 Å². The van der Waals surface area contributed by atoms with E-state index in [4.69, 9.17) is 19.9 Å². The normalized spacial score (nSPS) is 24.8. The first-order valence-electron chi connectivity index (χ1n) is 13.4. The van der Waals surface area contributed by atoms with E-state index < -0.39 is 12.0 Å². The predicted molar refractivity (Wildman–Crippen MR) is 147 cm³/mol. The summed E-state index contributed by atoms with van der Waals surface area (Å²) >= 11 is 0. The van der Waals surface area contributed by atoms with Crippen LogP contribution < -0.4 is 16.4 Å². The number of benzene rings is 1. The number of amides is 2. The maximum Gasteiger partial charge on any atom is 0.319 e. The van der Waals surface area contributed by atoms with E-state index in [1.807, 2.05) is 48.7 Å². The highest BCUT2D eigenvalue weighted by Crippen LogP contribution is 2.44. The first-order chi connectivity index (χ1) is 18.6. The number of carbonyl (C=O) groups is 1. The highest BCUT2D eigenvalue weighted by Gasteiger charge is 2.56. The van der Waals surface area contributed by atoms with Crippen LogP contribution in [0.4, 0.5) is 16.3 Å². The number of para-hydroxylation sites is 1. The predicted octanol–water partition coefficient (Wildman–Crippen LogP) is 2.99. The highest BCUT2D eigenvalue weighted by atomic mass is 16.8. The Kier molecular flexibility index (Phi) is 7.72. The van der Waals surface area contributed by atoms with Crippen LogP contribution in [0.25, 0.3) is 11.2 Å². The summed E-state index contributed by atoms with van der Waals surface area (Å²) in [4.78, 5) is 27.6. The summed E-state index contributed by atoms with van der Waals surface area (Å²) in [6.45, 7) is 9.43. The molecule has 0 aliphatic carbocycles. The van der Waals surface area contributed by atoms with Gasteiger partial charge in [0.05, 0.1) is 6.33 Å². The molecule has 2 aliphatic rings. The second-order valence-electron chi connectivity index (χ2n) is 11.1. The monoisotopic (exact) mass is 538 g/mol. The molecule has 3 aromatic rings. The number of hydrogen-bond acceptors (Lipinski definition) is 9. The number of imidazole rings is 1. The third-order valence-electron chi connectivity index (χ3n) is 7.25. The van der Waals surface area contributed by atoms with Gasteiger partial charge in [-0.2, -0.15) is 0 Å². The zero-order valence-corrected chi connectivity index (χ0v) is 23.1. The van der Waals surface area contributed by atoms with Crippen molar-refractivity contribution in [2.75, 3.05) is 31.2 Å². The smallest absolute Gasteiger partial charge is 0.319 e. The third kappa shape index (κ3) is 5.98. The zero-order chi connectivity index (χ0) is 27.7. The summed E-state index contributed by atoms with van der Waals surface area (Å²) < 4.78 is 20.9. The van der Waals surface area contributed by atoms with Crippen LogP contribution in [0.3, 0.4) is 0 Å². The molecule has 2 aliphatic heterocycles. The minimum atomic E-state index is -0.739. The molecule has 210 valence electrons. The van der Waals surface area contributed by atoms with E-state index in [9.17, 15) is 4.79 Å². The Hall–Kier alpha value is -3.32. The van der Waals surface area contributed by atoms with Crippen molar-refractivity contribution in [3.8, 4) is 0 Å². The Bertz CT molecular complexity index is 1280. The lowest BCUT2D eigenvalue weighted by Gasteiger charge is -2.29. The van der Waals surface area contributed by atoms with E-state index in [-0.39, 0.29) is 36.3 Å². The second kappa shape index (κ2) is 11.0. The summed E-state index contributed by atoms with van der Waals surface area (Å²) in [7, 11) is 2.05. The van der Waals surface area contributed by atoms with E-state index in [0.29, 0.717) is 23.5 Å². The fourth-order valence-electron chi connectivity index (χ4n) is 5.27. The van der Waals surface area contributed by atoms with Crippen LogP contribution >= 0.6 is 0 Å². The number of nitrogens with two attached hydrogens (primary N) is 1. The largest absolute Gasteiger partial charge is 0.382 e. The van der Waals surface area contributed by atoms with Crippen molar-refractivity contribution in [2.24, 2.45) is 5.92 Å². The summed E-state index contributed by atoms with van der Waals surface area (Å²) in [6.07, 6.45) is 2.56. The average molecular weight is 539 g/mol. The molecule has 1 aromatic carbocycles. The van der Waals surface area contributed by atoms with Gasteiger partial charge in [-0.3, -0.25) is 4.57 Å². The molecule has 5 atom stereocenters. The number of aromatic nitrogens is 4. The van der Waals surface area contributed by atoms with Gasteiger partial charge in [-0.25, -0.2) is 19.7 Å². The lowest BCUT2D eigenvalue weighted by molar-refractivity contribution is -0.197. The van der Waals surface area contributed by atoms with Gasteiger partial charge in [0, 0.05) is 18.3 Å². The van der Waals surface area contributed by atoms with Crippen molar-refractivity contribution >= 4 is 28.7 Å². The van der Waals surface area contributed by atoms with Gasteiger partial charge < -0.3 is 35.5 Å². The fraction of sp³-hybridized carbons (Fsp3) is 0.556. The molecule has 4 heterocycles. The number of likely N-dealkylation sites (N-methyl/N-ethyl adjacent to an activating group) is 1. The number of carbonyl (C=O) groups excluding carboxylic acids is 1. The standard InChI is InChI=1S/C27H38N8O4/c1-16(2)18(33-26(36)32-17-9-7-6-8-10-17)11-12-34(5)13-19-21-22(39-27(3,4)38-21)25(37-19)35-15-31-20-23(28)29-14-30-24(20)35/h6-10,14-16,18-19,21-22,25H,11-13H2,1-5H3,(H2,28,29,30)(H2,32,33,36). The topological polar surface area (TPSA) is 142 Å². The molecule has 12 nitrogen and oxygen atoms in total. The molecule has 0 bridgehead atoms. The molecule has 5 rings (SSSR count). The van der Waals surface area contributed by atoms with Crippen LogP contribution in [0.2, 0.25) is 0 Å². The molecule has 0 spiro atoms. The first kappa shape index (κ1) is 27.3. The summed E-state index contributed by atoms with van der Waals surface area (Å²) in [5.41, 5.74) is 7.88. The first-order valence-corrected chi connectivity index (χ1v) is 13.4. The van der Waals surface area contributed by atoms with Gasteiger partial charge in [-0.05, 0) is 51.9 Å². The van der Waals surface area contributed by atoms with Gasteiger partial charge in [0.2, 0.25) is 0 Å². The third-order valence-corrected chi connectivity index (χ3v) is 7.25. The Morgan fingerprint density at radius 1 is 1.15 bits per heavy atom. The number of rotatable bonds is 9. The quantitative estimate of drug-likeness (QED) is 0.375. The Morgan fingerprint density at radius 2 is 1.90 bits per heavy atom. The maximum absolute atomic E-state index is 12.6. The molecule has 4 N–H and O–H groups in total. The lowest BCUT2D eigenvalue weighted by Crippen LogP contribution is -2.44. The molecule has 12 heteroatoms. The molecule has 0 radical (unpaired) electrons. The molecule has 2 aromatic heterocycles. The van der Waals surface area contributed by atoms with Crippen molar-refractivity contribution in [3.05, 3.63) is 43.0 Å². The van der Waals surface area contributed by atoms with E-state index >= 15 is 0 Å². The van der Waals surface area contributed by atoms with Gasteiger partial charge in [-0.1, -0.05) is 32.0 Å². The Balaban J connectivity index is 1.22. The molecule has 0 saturated carbocycles. The molecule has 5 unspecified atom stereocenters. The van der Waals surface area contributed by atoms with Gasteiger partial charge in [0.15, 0.2) is 23.5 Å². The Labute approximate surface area is 228 Å². The van der Waals surface area contributed by atoms with E-state index in [0.717, 1.165) is 18.7 Å². The van der Waals surface area contributed by atoms with Gasteiger partial charge in [0.1, 0.15) is 30.2 Å². The molecule has 2 saturated heterocycles. The molecule has 2 amide bonds. The van der Waals surface area contributed by atoms with Crippen LogP contribution in [-0.4, -0.2) is 80.7 Å². The number of urea groups is 1. The van der Waals surface area contributed by atoms with Crippen molar-refractivity contribution < 1.29 is 19.0 Å². The lowest BCUT2D eigenvalue weighted by atomic mass is 10.0. The minimum absolute atomic E-state index is 0.00797. The van der Waals surface area contributed by atoms with Crippen molar-refractivity contribution in [1.82, 2.24) is 29.7 Å². The second-order valence-corrected chi connectivity index (χ2v) is 11.1. The minimum Gasteiger partial charge on any atom is -0.382 e. The molecule has 39 heavy (non-hydrogen) atoms. The Morgan fingerprint density at radius 3 is 2.64 bits per heavy atom. The summed E-state index contributed by atoms with van der Waals surface area (Å²) in [6, 6.07) is 9.23. The molecular weight excluding hydrogens is 500 g/mol. The van der Waals surface area contributed by atoms with Gasteiger partial charge in [-0.15, -0.1) is 0 Å². The number of anilines is 2. The molecular formula is C27H38N8O4. The van der Waals surface area contributed by atoms with Crippen LogP contribution in [0.1, 0.15) is 40.3 Å². The van der Waals surface area contributed by atoms with Crippen LogP contribution in [0.5, 0.6) is 0 Å². The SMILES string of the molecule is CC(C)C(CCN(C)CC1OC(n2cnc3c(N)ncnc32)C2OC(C)(C)OC12)NC(=O)Nc1ccccc1. The maximum atomic E-state index is 12.6. The summed E-state index contributed by atoms with van der Waals surface area (Å²) in [5.74, 6) is -0.149. The highest BCUT2D eigenvalue weighted by molar-refractivity contribution is 5.89. The number of hydrogen-bond donors (Lipinski definition) is 3. The fourth-order valence-corrected chi connectivity index (χ4v) is 5.27. The van der Waals surface area contributed by atoms with Crippen LogP contribution in [0, 0.1) is 5.92 Å². The van der Waals surface area contributed by atoms with Gasteiger partial charge in [0.25, 0.3) is 0 Å². The average Bonchev–Trinajstić information content (AvgIpc) is 3.54. The van der Waals surface area contributed by atoms with Crippen molar-refractivity contribution in [3.63, 3.8) is 0 Å². The van der Waals surface area contributed by atoms with Gasteiger partial charge >= 0.3 is 6.03 Å². The molecule has 2 fully saturated rings. The zero-order valence-electron chi connectivity index (χ0n) is 23.1. The number of ether oxygens (including phenoxy) is 3. The van der Waals surface area contributed by atoms with E-state index in [2.05, 4.69) is 51.4 Å². The number of nitrogens with zero attached hydrogens (tertiary/aromatic N) is 5.